The maximum absolute atomic E-state index is 4.79. The van der Waals surface area contributed by atoms with Gasteiger partial charge in [0.25, 0.3) is 0 Å². The number of aryl methyl sites for hydroxylation is 1. The first-order valence-electron chi connectivity index (χ1n) is 7.81. The van der Waals surface area contributed by atoms with Gasteiger partial charge in [-0.25, -0.2) is 9.97 Å². The summed E-state index contributed by atoms with van der Waals surface area (Å²) in [6, 6.07) is 6.59. The van der Waals surface area contributed by atoms with Crippen LogP contribution >= 0.6 is 0 Å². The summed E-state index contributed by atoms with van der Waals surface area (Å²) < 4.78 is 0. The van der Waals surface area contributed by atoms with Crippen molar-refractivity contribution in [2.75, 3.05) is 32.1 Å². The highest BCUT2D eigenvalue weighted by Gasteiger charge is 2.23. The maximum Gasteiger partial charge on any atom is 0.161 e. The van der Waals surface area contributed by atoms with Crippen LogP contribution < -0.4 is 4.90 Å². The van der Waals surface area contributed by atoms with Crippen LogP contribution in [0.1, 0.15) is 18.5 Å². The van der Waals surface area contributed by atoms with E-state index < -0.39 is 0 Å². The molecule has 0 saturated carbocycles. The Hall–Kier alpha value is -2.01. The molecule has 5 heteroatoms. The van der Waals surface area contributed by atoms with E-state index in [1.165, 1.54) is 12.8 Å². The molecule has 2 aromatic rings. The standard InChI is InChI=1S/C17H23N5/c1-13-11-16(22-10-4-5-15(12-22)21(2)3)20-17(19-13)14-6-8-18-9-7-14/h6-9,11,15H,4-5,10,12H2,1-3H3. The highest BCUT2D eigenvalue weighted by molar-refractivity contribution is 5.57. The summed E-state index contributed by atoms with van der Waals surface area (Å²) in [6.07, 6.45) is 6.02. The van der Waals surface area contributed by atoms with Crippen LogP contribution in [-0.4, -0.2) is 53.1 Å². The third kappa shape index (κ3) is 3.25. The van der Waals surface area contributed by atoms with Gasteiger partial charge in [-0.3, -0.25) is 4.98 Å². The Balaban J connectivity index is 1.89. The van der Waals surface area contributed by atoms with Gasteiger partial charge in [0.15, 0.2) is 5.82 Å². The molecule has 0 aromatic carbocycles. The van der Waals surface area contributed by atoms with E-state index in [9.17, 15) is 0 Å². The summed E-state index contributed by atoms with van der Waals surface area (Å²) in [6.45, 7) is 4.12. The van der Waals surface area contributed by atoms with Gasteiger partial charge in [0.2, 0.25) is 0 Å². The molecule has 116 valence electrons. The van der Waals surface area contributed by atoms with E-state index in [1.54, 1.807) is 12.4 Å². The summed E-state index contributed by atoms with van der Waals surface area (Å²) in [5, 5.41) is 0. The molecule has 5 nitrogen and oxygen atoms in total. The lowest BCUT2D eigenvalue weighted by atomic mass is 10.0. The van der Waals surface area contributed by atoms with Crippen molar-refractivity contribution in [2.24, 2.45) is 0 Å². The number of nitrogens with zero attached hydrogens (tertiary/aromatic N) is 5. The van der Waals surface area contributed by atoms with Crippen molar-refractivity contribution in [3.8, 4) is 11.4 Å². The van der Waals surface area contributed by atoms with Gasteiger partial charge in [-0.2, -0.15) is 0 Å². The number of likely N-dealkylation sites (N-methyl/N-ethyl adjacent to an activating group) is 1. The minimum atomic E-state index is 0.591. The quantitative estimate of drug-likeness (QED) is 0.870. The van der Waals surface area contributed by atoms with Crippen molar-refractivity contribution in [1.29, 1.82) is 0 Å². The fourth-order valence-corrected chi connectivity index (χ4v) is 2.93. The highest BCUT2D eigenvalue weighted by atomic mass is 15.2. The van der Waals surface area contributed by atoms with Gasteiger partial charge in [-0.15, -0.1) is 0 Å². The molecule has 0 bridgehead atoms. The van der Waals surface area contributed by atoms with Crippen molar-refractivity contribution >= 4 is 5.82 Å². The molecule has 0 radical (unpaired) electrons. The van der Waals surface area contributed by atoms with Crippen LogP contribution in [0.2, 0.25) is 0 Å². The van der Waals surface area contributed by atoms with Crippen LogP contribution in [0.4, 0.5) is 5.82 Å². The number of pyridine rings is 1. The van der Waals surface area contributed by atoms with Gasteiger partial charge in [-0.1, -0.05) is 0 Å². The largest absolute Gasteiger partial charge is 0.355 e. The molecule has 3 heterocycles. The van der Waals surface area contributed by atoms with E-state index in [4.69, 9.17) is 4.98 Å². The molecule has 0 N–H and O–H groups in total. The van der Waals surface area contributed by atoms with Crippen LogP contribution in [0.5, 0.6) is 0 Å². The third-order valence-electron chi connectivity index (χ3n) is 4.23. The SMILES string of the molecule is Cc1cc(N2CCCC(N(C)C)C2)nc(-c2ccncc2)n1. The minimum Gasteiger partial charge on any atom is -0.355 e. The monoisotopic (exact) mass is 297 g/mol. The van der Waals surface area contributed by atoms with E-state index in [1.807, 2.05) is 19.1 Å². The molecule has 1 saturated heterocycles. The fourth-order valence-electron chi connectivity index (χ4n) is 2.93. The highest BCUT2D eigenvalue weighted by Crippen LogP contribution is 2.23. The molecule has 2 aromatic heterocycles. The van der Waals surface area contributed by atoms with Crippen molar-refractivity contribution < 1.29 is 0 Å². The molecule has 0 aliphatic carbocycles. The zero-order valence-corrected chi connectivity index (χ0v) is 13.5. The number of anilines is 1. The Morgan fingerprint density at radius 3 is 2.68 bits per heavy atom. The van der Waals surface area contributed by atoms with Gasteiger partial charge in [-0.05, 0) is 46.0 Å². The van der Waals surface area contributed by atoms with Crippen LogP contribution in [0, 0.1) is 6.92 Å². The molecule has 3 rings (SSSR count). The lowest BCUT2D eigenvalue weighted by molar-refractivity contribution is 0.257. The van der Waals surface area contributed by atoms with Crippen LogP contribution in [0.25, 0.3) is 11.4 Å². The average Bonchev–Trinajstić information content (AvgIpc) is 2.55. The van der Waals surface area contributed by atoms with Gasteiger partial charge in [0.05, 0.1) is 0 Å². The Kier molecular flexibility index (Phi) is 4.34. The van der Waals surface area contributed by atoms with E-state index in [0.29, 0.717) is 6.04 Å². The lowest BCUT2D eigenvalue weighted by Crippen LogP contribution is -2.45. The van der Waals surface area contributed by atoms with Crippen molar-refractivity contribution in [3.05, 3.63) is 36.3 Å². The van der Waals surface area contributed by atoms with Gasteiger partial charge >= 0.3 is 0 Å². The summed E-state index contributed by atoms with van der Waals surface area (Å²) in [4.78, 5) is 18.1. The normalized spacial score (nSPS) is 18.7. The fraction of sp³-hybridized carbons (Fsp3) is 0.471. The molecule has 0 amide bonds. The molecule has 1 unspecified atom stereocenters. The Morgan fingerprint density at radius 1 is 1.18 bits per heavy atom. The minimum absolute atomic E-state index is 0.591. The Morgan fingerprint density at radius 2 is 1.95 bits per heavy atom. The topological polar surface area (TPSA) is 45.2 Å². The molecule has 22 heavy (non-hydrogen) atoms. The van der Waals surface area contributed by atoms with Gasteiger partial charge in [0, 0.05) is 48.8 Å². The van der Waals surface area contributed by atoms with E-state index in [-0.39, 0.29) is 0 Å². The van der Waals surface area contributed by atoms with Gasteiger partial charge in [0.1, 0.15) is 5.82 Å². The Labute approximate surface area is 132 Å². The first-order chi connectivity index (χ1) is 10.6. The molecular weight excluding hydrogens is 274 g/mol. The van der Waals surface area contributed by atoms with Crippen LogP contribution in [-0.2, 0) is 0 Å². The molecule has 1 atom stereocenters. The third-order valence-corrected chi connectivity index (χ3v) is 4.23. The molecule has 0 spiro atoms. The van der Waals surface area contributed by atoms with E-state index in [2.05, 4.69) is 39.9 Å². The molecule has 1 aliphatic heterocycles. The Bertz CT molecular complexity index is 626. The molecule has 1 aliphatic rings. The predicted molar refractivity (Wildman–Crippen MR) is 88.9 cm³/mol. The summed E-state index contributed by atoms with van der Waals surface area (Å²) in [5.41, 5.74) is 2.02. The van der Waals surface area contributed by atoms with Crippen molar-refractivity contribution in [2.45, 2.75) is 25.8 Å². The average molecular weight is 297 g/mol. The second kappa shape index (κ2) is 6.40. The van der Waals surface area contributed by atoms with Crippen molar-refractivity contribution in [3.63, 3.8) is 0 Å². The smallest absolute Gasteiger partial charge is 0.161 e. The van der Waals surface area contributed by atoms with Crippen LogP contribution in [0.15, 0.2) is 30.6 Å². The molecule has 1 fully saturated rings. The lowest BCUT2D eigenvalue weighted by Gasteiger charge is -2.37. The van der Waals surface area contributed by atoms with Crippen molar-refractivity contribution in [1.82, 2.24) is 19.9 Å². The summed E-state index contributed by atoms with van der Waals surface area (Å²) in [5.74, 6) is 1.82. The van der Waals surface area contributed by atoms with E-state index >= 15 is 0 Å². The number of hydrogen-bond donors (Lipinski definition) is 0. The zero-order valence-electron chi connectivity index (χ0n) is 13.5. The number of rotatable bonds is 3. The number of aromatic nitrogens is 3. The first kappa shape index (κ1) is 14.9. The van der Waals surface area contributed by atoms with Gasteiger partial charge < -0.3 is 9.80 Å². The maximum atomic E-state index is 4.79. The molecular formula is C17H23N5. The van der Waals surface area contributed by atoms with E-state index in [0.717, 1.165) is 36.0 Å². The zero-order chi connectivity index (χ0) is 15.5. The number of piperidine rings is 1. The predicted octanol–water partition coefficient (Wildman–Crippen LogP) is 2.38. The summed E-state index contributed by atoms with van der Waals surface area (Å²) in [7, 11) is 4.31. The second-order valence-corrected chi connectivity index (χ2v) is 6.13. The second-order valence-electron chi connectivity index (χ2n) is 6.13. The van der Waals surface area contributed by atoms with Crippen LogP contribution in [0.3, 0.4) is 0 Å². The number of hydrogen-bond acceptors (Lipinski definition) is 5. The summed E-state index contributed by atoms with van der Waals surface area (Å²) >= 11 is 0. The first-order valence-corrected chi connectivity index (χ1v) is 7.81.